The van der Waals surface area contributed by atoms with E-state index in [0.29, 0.717) is 39.4 Å². The van der Waals surface area contributed by atoms with Gasteiger partial charge in [-0.15, -0.1) is 0 Å². The van der Waals surface area contributed by atoms with E-state index in [-0.39, 0.29) is 17.1 Å². The molecule has 3 fully saturated rings. The van der Waals surface area contributed by atoms with Gasteiger partial charge in [0, 0.05) is 37.5 Å². The van der Waals surface area contributed by atoms with E-state index in [1.54, 1.807) is 4.31 Å². The Labute approximate surface area is 126 Å². The van der Waals surface area contributed by atoms with E-state index < -0.39 is 20.0 Å². The zero-order valence-corrected chi connectivity index (χ0v) is 13.8. The fourth-order valence-corrected chi connectivity index (χ4v) is 5.78. The summed E-state index contributed by atoms with van der Waals surface area (Å²) in [6.07, 6.45) is 3.22. The molecule has 9 heteroatoms. The van der Waals surface area contributed by atoms with Crippen LogP contribution < -0.4 is 0 Å². The first-order chi connectivity index (χ1) is 9.70. The fraction of sp³-hybridized carbons (Fsp3) is 1.00. The van der Waals surface area contributed by atoms with Crippen LogP contribution in [0.3, 0.4) is 0 Å². The van der Waals surface area contributed by atoms with Crippen molar-refractivity contribution in [3.8, 4) is 0 Å². The highest BCUT2D eigenvalue weighted by atomic mass is 32.2. The van der Waals surface area contributed by atoms with Gasteiger partial charge < -0.3 is 4.74 Å². The van der Waals surface area contributed by atoms with Crippen LogP contribution in [-0.4, -0.2) is 76.8 Å². The Morgan fingerprint density at radius 3 is 2.38 bits per heavy atom. The lowest BCUT2D eigenvalue weighted by atomic mass is 10.1. The molecular weight excluding hydrogens is 316 g/mol. The molecule has 1 aliphatic carbocycles. The molecular formula is C12H22N2O5S2. The highest BCUT2D eigenvalue weighted by Crippen LogP contribution is 2.47. The molecule has 122 valence electrons. The molecule has 2 saturated heterocycles. The molecule has 2 heterocycles. The van der Waals surface area contributed by atoms with Crippen LogP contribution in [0.2, 0.25) is 0 Å². The van der Waals surface area contributed by atoms with Gasteiger partial charge in [-0.05, 0) is 12.8 Å². The zero-order valence-electron chi connectivity index (χ0n) is 12.2. The van der Waals surface area contributed by atoms with Gasteiger partial charge in [-0.3, -0.25) is 0 Å². The van der Waals surface area contributed by atoms with Crippen molar-refractivity contribution in [2.75, 3.05) is 51.4 Å². The summed E-state index contributed by atoms with van der Waals surface area (Å²) in [7, 11) is -6.52. The third-order valence-electron chi connectivity index (χ3n) is 4.59. The summed E-state index contributed by atoms with van der Waals surface area (Å²) in [5.74, 6) is -0.0567. The first-order valence-electron chi connectivity index (χ1n) is 7.21. The zero-order chi connectivity index (χ0) is 15.3. The molecule has 0 aromatic heterocycles. The average Bonchev–Trinajstić information content (AvgIpc) is 3.09. The monoisotopic (exact) mass is 338 g/mol. The molecule has 7 nitrogen and oxygen atoms in total. The summed E-state index contributed by atoms with van der Waals surface area (Å²) in [6.45, 7) is 2.69. The lowest BCUT2D eigenvalue weighted by Crippen LogP contribution is -2.53. The van der Waals surface area contributed by atoms with Gasteiger partial charge in [0.15, 0.2) is 0 Å². The molecule has 0 aromatic rings. The minimum Gasteiger partial charge on any atom is -0.379 e. The van der Waals surface area contributed by atoms with Crippen molar-refractivity contribution >= 4 is 20.0 Å². The Balaban J connectivity index is 1.59. The van der Waals surface area contributed by atoms with Crippen LogP contribution in [0.25, 0.3) is 0 Å². The van der Waals surface area contributed by atoms with Gasteiger partial charge in [0.1, 0.15) is 0 Å². The van der Waals surface area contributed by atoms with Crippen LogP contribution in [0.4, 0.5) is 0 Å². The summed E-state index contributed by atoms with van der Waals surface area (Å²) in [6, 6.07) is 0. The smallest absolute Gasteiger partial charge is 0.214 e. The van der Waals surface area contributed by atoms with E-state index in [1.165, 1.54) is 4.31 Å². The Kier molecular flexibility index (Phi) is 3.85. The van der Waals surface area contributed by atoms with E-state index in [4.69, 9.17) is 4.74 Å². The molecule has 0 bridgehead atoms. The summed E-state index contributed by atoms with van der Waals surface area (Å²) < 4.78 is 56.0. The second-order valence-corrected chi connectivity index (χ2v) is 10.6. The van der Waals surface area contributed by atoms with Gasteiger partial charge in [0.05, 0.1) is 25.2 Å². The third kappa shape index (κ3) is 3.42. The number of nitrogens with zero attached hydrogens (tertiary/aromatic N) is 2. The summed E-state index contributed by atoms with van der Waals surface area (Å²) in [5, 5.41) is 0. The Morgan fingerprint density at radius 2 is 1.81 bits per heavy atom. The van der Waals surface area contributed by atoms with Crippen LogP contribution in [0.1, 0.15) is 12.8 Å². The second-order valence-electron chi connectivity index (χ2n) is 6.61. The van der Waals surface area contributed by atoms with Gasteiger partial charge in [0.2, 0.25) is 20.0 Å². The lowest BCUT2D eigenvalue weighted by molar-refractivity contribution is 0.115. The van der Waals surface area contributed by atoms with E-state index in [2.05, 4.69) is 0 Å². The number of hydrogen-bond acceptors (Lipinski definition) is 5. The topological polar surface area (TPSA) is 84.0 Å². The van der Waals surface area contributed by atoms with Crippen molar-refractivity contribution in [2.45, 2.75) is 12.8 Å². The number of hydrogen-bond donors (Lipinski definition) is 0. The molecule has 3 rings (SSSR count). The minimum absolute atomic E-state index is 0.0368. The first-order valence-corrected chi connectivity index (χ1v) is 10.7. The predicted octanol–water partition coefficient (Wildman–Crippen LogP) is -0.680. The van der Waals surface area contributed by atoms with E-state index >= 15 is 0 Å². The average molecular weight is 338 g/mol. The quantitative estimate of drug-likeness (QED) is 0.678. The van der Waals surface area contributed by atoms with E-state index in [9.17, 15) is 16.8 Å². The van der Waals surface area contributed by atoms with E-state index in [0.717, 1.165) is 19.1 Å². The van der Waals surface area contributed by atoms with Crippen molar-refractivity contribution in [3.05, 3.63) is 0 Å². The Bertz CT molecular complexity index is 606. The van der Waals surface area contributed by atoms with Gasteiger partial charge >= 0.3 is 0 Å². The Hall–Kier alpha value is -0.220. The highest BCUT2D eigenvalue weighted by Gasteiger charge is 2.48. The van der Waals surface area contributed by atoms with E-state index in [1.807, 2.05) is 0 Å². The largest absolute Gasteiger partial charge is 0.379 e. The van der Waals surface area contributed by atoms with Crippen molar-refractivity contribution in [1.82, 2.24) is 8.61 Å². The second kappa shape index (κ2) is 5.16. The van der Waals surface area contributed by atoms with Crippen LogP contribution >= 0.6 is 0 Å². The van der Waals surface area contributed by atoms with Gasteiger partial charge in [-0.2, -0.15) is 4.31 Å². The number of sulfonamides is 2. The van der Waals surface area contributed by atoms with Gasteiger partial charge in [-0.1, -0.05) is 0 Å². The minimum atomic E-state index is -3.33. The number of ether oxygens (including phenoxy) is 1. The highest BCUT2D eigenvalue weighted by molar-refractivity contribution is 7.89. The molecule has 0 aromatic carbocycles. The summed E-state index contributed by atoms with van der Waals surface area (Å²) in [5.41, 5.74) is 0.0436. The SMILES string of the molecule is CS(=O)(=O)N1CC(CS(=O)(=O)N2CCOCC3(CC3)C2)C1. The molecule has 1 saturated carbocycles. The van der Waals surface area contributed by atoms with Crippen LogP contribution in [0.5, 0.6) is 0 Å². The standard InChI is InChI=1S/C12H22N2O5S2/c1-20(15,16)14-6-11(7-14)8-21(17,18)13-4-5-19-10-12(9-13)2-3-12/h11H,2-10H2,1H3. The fourth-order valence-electron chi connectivity index (χ4n) is 2.97. The van der Waals surface area contributed by atoms with Crippen LogP contribution in [-0.2, 0) is 24.8 Å². The maximum absolute atomic E-state index is 12.5. The molecule has 1 spiro atoms. The van der Waals surface area contributed by atoms with Crippen molar-refractivity contribution in [2.24, 2.45) is 11.3 Å². The van der Waals surface area contributed by atoms with Gasteiger partial charge in [0.25, 0.3) is 0 Å². The van der Waals surface area contributed by atoms with Gasteiger partial charge in [-0.25, -0.2) is 21.1 Å². The third-order valence-corrected chi connectivity index (χ3v) is 7.82. The molecule has 0 atom stereocenters. The molecule has 21 heavy (non-hydrogen) atoms. The predicted molar refractivity (Wildman–Crippen MR) is 77.8 cm³/mol. The summed E-state index contributed by atoms with van der Waals surface area (Å²) in [4.78, 5) is 0. The normalized spacial score (nSPS) is 28.2. The maximum atomic E-state index is 12.5. The maximum Gasteiger partial charge on any atom is 0.214 e. The van der Waals surface area contributed by atoms with Crippen molar-refractivity contribution in [1.29, 1.82) is 0 Å². The Morgan fingerprint density at radius 1 is 1.14 bits per heavy atom. The molecule has 3 aliphatic rings. The molecule has 0 unspecified atom stereocenters. The lowest BCUT2D eigenvalue weighted by Gasteiger charge is -2.37. The molecule has 0 N–H and O–H groups in total. The van der Waals surface area contributed by atoms with Crippen LogP contribution in [0, 0.1) is 11.3 Å². The molecule has 2 aliphatic heterocycles. The first kappa shape index (κ1) is 15.7. The summed E-state index contributed by atoms with van der Waals surface area (Å²) >= 11 is 0. The van der Waals surface area contributed by atoms with Crippen molar-refractivity contribution in [3.63, 3.8) is 0 Å². The number of rotatable bonds is 4. The molecule has 0 amide bonds. The van der Waals surface area contributed by atoms with Crippen molar-refractivity contribution < 1.29 is 21.6 Å². The van der Waals surface area contributed by atoms with Crippen LogP contribution in [0.15, 0.2) is 0 Å². The molecule has 0 radical (unpaired) electrons.